The third kappa shape index (κ3) is 2.18. The fourth-order valence-corrected chi connectivity index (χ4v) is 1.33. The van der Waals surface area contributed by atoms with E-state index in [1.54, 1.807) is 0 Å². The van der Waals surface area contributed by atoms with E-state index in [1.165, 1.54) is 6.07 Å². The number of carbonyl (C=O) groups is 1. The predicted octanol–water partition coefficient (Wildman–Crippen LogP) is 2.73. The lowest BCUT2D eigenvalue weighted by molar-refractivity contribution is 0.102. The Hall–Kier alpha value is -2.17. The zero-order valence-electron chi connectivity index (χ0n) is 8.45. The average molecular weight is 237 g/mol. The van der Waals surface area contributed by atoms with Crippen molar-refractivity contribution < 1.29 is 18.0 Å². The second-order valence-electron chi connectivity index (χ2n) is 3.29. The van der Waals surface area contributed by atoms with Crippen LogP contribution in [0, 0.1) is 17.5 Å². The average Bonchev–Trinajstić information content (AvgIpc) is 2.33. The van der Waals surface area contributed by atoms with E-state index in [0.717, 1.165) is 30.5 Å². The van der Waals surface area contributed by atoms with Crippen LogP contribution in [0.15, 0.2) is 36.5 Å². The SMILES string of the molecule is O=C(c1ccc(F)cn1)c1cccc(F)c1F. The number of halogens is 3. The Bertz CT molecular complexity index is 566. The van der Waals surface area contributed by atoms with Crippen molar-refractivity contribution in [3.63, 3.8) is 0 Å². The van der Waals surface area contributed by atoms with Gasteiger partial charge < -0.3 is 0 Å². The maximum Gasteiger partial charge on any atom is 0.214 e. The zero-order valence-corrected chi connectivity index (χ0v) is 8.45. The van der Waals surface area contributed by atoms with Gasteiger partial charge in [0.25, 0.3) is 0 Å². The fraction of sp³-hybridized carbons (Fsp3) is 0. The van der Waals surface area contributed by atoms with Gasteiger partial charge in [-0.25, -0.2) is 18.2 Å². The van der Waals surface area contributed by atoms with Crippen LogP contribution in [0.2, 0.25) is 0 Å². The highest BCUT2D eigenvalue weighted by molar-refractivity contribution is 6.07. The van der Waals surface area contributed by atoms with Crippen LogP contribution in [0.25, 0.3) is 0 Å². The Morgan fingerprint density at radius 2 is 1.82 bits per heavy atom. The highest BCUT2D eigenvalue weighted by atomic mass is 19.2. The smallest absolute Gasteiger partial charge is 0.214 e. The van der Waals surface area contributed by atoms with Crippen molar-refractivity contribution in [3.8, 4) is 0 Å². The zero-order chi connectivity index (χ0) is 12.4. The second kappa shape index (κ2) is 4.37. The number of hydrogen-bond acceptors (Lipinski definition) is 2. The summed E-state index contributed by atoms with van der Waals surface area (Å²) in [6.07, 6.45) is 0.838. The number of hydrogen-bond donors (Lipinski definition) is 0. The first kappa shape index (κ1) is 11.3. The number of pyridine rings is 1. The standard InChI is InChI=1S/C12H6F3NO/c13-7-4-5-10(16-6-7)12(17)8-2-1-3-9(14)11(8)15/h1-6H. The molecule has 0 aliphatic heterocycles. The monoisotopic (exact) mass is 237 g/mol. The van der Waals surface area contributed by atoms with Crippen LogP contribution in [-0.4, -0.2) is 10.8 Å². The molecule has 0 saturated heterocycles. The van der Waals surface area contributed by atoms with Crippen LogP contribution in [-0.2, 0) is 0 Å². The Balaban J connectivity index is 2.44. The Kier molecular flexibility index (Phi) is 2.91. The molecule has 86 valence electrons. The van der Waals surface area contributed by atoms with Gasteiger partial charge >= 0.3 is 0 Å². The molecule has 0 spiro atoms. The van der Waals surface area contributed by atoms with Gasteiger partial charge in [-0.3, -0.25) is 4.79 Å². The molecule has 0 fully saturated rings. The Morgan fingerprint density at radius 1 is 1.06 bits per heavy atom. The van der Waals surface area contributed by atoms with Crippen molar-refractivity contribution in [1.29, 1.82) is 0 Å². The second-order valence-corrected chi connectivity index (χ2v) is 3.29. The molecule has 17 heavy (non-hydrogen) atoms. The molecule has 2 nitrogen and oxygen atoms in total. The molecule has 0 bridgehead atoms. The maximum absolute atomic E-state index is 13.3. The van der Waals surface area contributed by atoms with Crippen molar-refractivity contribution in [2.75, 3.05) is 0 Å². The highest BCUT2D eigenvalue weighted by Gasteiger charge is 2.17. The molecule has 5 heteroatoms. The first-order chi connectivity index (χ1) is 8.09. The molecule has 0 amide bonds. The van der Waals surface area contributed by atoms with Gasteiger partial charge in [-0.2, -0.15) is 0 Å². The lowest BCUT2D eigenvalue weighted by Gasteiger charge is -2.02. The van der Waals surface area contributed by atoms with Gasteiger partial charge in [-0.1, -0.05) is 6.07 Å². The summed E-state index contributed by atoms with van der Waals surface area (Å²) in [7, 11) is 0. The lowest BCUT2D eigenvalue weighted by atomic mass is 10.1. The summed E-state index contributed by atoms with van der Waals surface area (Å²) >= 11 is 0. The summed E-state index contributed by atoms with van der Waals surface area (Å²) in [5.41, 5.74) is -0.569. The van der Waals surface area contributed by atoms with Crippen LogP contribution >= 0.6 is 0 Å². The van der Waals surface area contributed by atoms with Crippen molar-refractivity contribution in [1.82, 2.24) is 4.98 Å². The van der Waals surface area contributed by atoms with E-state index in [4.69, 9.17) is 0 Å². The van der Waals surface area contributed by atoms with E-state index in [1.807, 2.05) is 0 Å². The summed E-state index contributed by atoms with van der Waals surface area (Å²) in [5, 5.41) is 0. The van der Waals surface area contributed by atoms with Crippen molar-refractivity contribution in [3.05, 3.63) is 65.2 Å². The van der Waals surface area contributed by atoms with Gasteiger partial charge in [-0.15, -0.1) is 0 Å². The van der Waals surface area contributed by atoms with Crippen LogP contribution in [0.3, 0.4) is 0 Å². The molecule has 0 saturated carbocycles. The van der Waals surface area contributed by atoms with Crippen molar-refractivity contribution >= 4 is 5.78 Å². The van der Waals surface area contributed by atoms with Crippen LogP contribution in [0.1, 0.15) is 16.1 Å². The molecule has 1 heterocycles. The topological polar surface area (TPSA) is 30.0 Å². The summed E-state index contributed by atoms with van der Waals surface area (Å²) in [5.74, 6) is -3.75. The molecule has 2 rings (SSSR count). The van der Waals surface area contributed by atoms with Gasteiger partial charge in [-0.05, 0) is 24.3 Å². The van der Waals surface area contributed by atoms with E-state index in [9.17, 15) is 18.0 Å². The third-order valence-corrected chi connectivity index (χ3v) is 2.16. The van der Waals surface area contributed by atoms with Gasteiger partial charge in [0.05, 0.1) is 11.8 Å². The lowest BCUT2D eigenvalue weighted by Crippen LogP contribution is -2.07. The highest BCUT2D eigenvalue weighted by Crippen LogP contribution is 2.15. The number of aromatic nitrogens is 1. The number of ketones is 1. The summed E-state index contributed by atoms with van der Waals surface area (Å²) in [6.45, 7) is 0. The number of carbonyl (C=O) groups excluding carboxylic acids is 1. The van der Waals surface area contributed by atoms with Gasteiger partial charge in [0, 0.05) is 0 Å². The molecule has 0 unspecified atom stereocenters. The van der Waals surface area contributed by atoms with Gasteiger partial charge in [0.1, 0.15) is 11.5 Å². The van der Waals surface area contributed by atoms with E-state index in [-0.39, 0.29) is 5.69 Å². The first-order valence-corrected chi connectivity index (χ1v) is 4.70. The summed E-state index contributed by atoms with van der Waals surface area (Å²) in [4.78, 5) is 15.3. The third-order valence-electron chi connectivity index (χ3n) is 2.16. The van der Waals surface area contributed by atoms with Crippen molar-refractivity contribution in [2.45, 2.75) is 0 Å². The maximum atomic E-state index is 13.3. The fourth-order valence-electron chi connectivity index (χ4n) is 1.33. The molecule has 0 radical (unpaired) electrons. The first-order valence-electron chi connectivity index (χ1n) is 4.70. The molecule has 1 aromatic heterocycles. The molecule has 0 atom stereocenters. The molecule has 0 aliphatic carbocycles. The quantitative estimate of drug-likeness (QED) is 0.751. The minimum absolute atomic E-state index is 0.143. The van der Waals surface area contributed by atoms with E-state index < -0.39 is 28.8 Å². The predicted molar refractivity (Wildman–Crippen MR) is 54.0 cm³/mol. The molecule has 0 N–H and O–H groups in total. The van der Waals surface area contributed by atoms with Crippen LogP contribution < -0.4 is 0 Å². The number of rotatable bonds is 2. The van der Waals surface area contributed by atoms with Gasteiger partial charge in [0.2, 0.25) is 5.78 Å². The summed E-state index contributed by atoms with van der Waals surface area (Å²) in [6, 6.07) is 5.41. The van der Waals surface area contributed by atoms with E-state index in [2.05, 4.69) is 4.98 Å². The Morgan fingerprint density at radius 3 is 2.47 bits per heavy atom. The summed E-state index contributed by atoms with van der Waals surface area (Å²) < 4.78 is 38.8. The minimum Gasteiger partial charge on any atom is -0.287 e. The number of benzene rings is 1. The molecular weight excluding hydrogens is 231 g/mol. The molecular formula is C12H6F3NO. The van der Waals surface area contributed by atoms with Crippen molar-refractivity contribution in [2.24, 2.45) is 0 Å². The minimum atomic E-state index is -1.23. The largest absolute Gasteiger partial charge is 0.287 e. The van der Waals surface area contributed by atoms with E-state index >= 15 is 0 Å². The van der Waals surface area contributed by atoms with Crippen LogP contribution in [0.4, 0.5) is 13.2 Å². The number of nitrogens with zero attached hydrogens (tertiary/aromatic N) is 1. The van der Waals surface area contributed by atoms with Gasteiger partial charge in [0.15, 0.2) is 11.6 Å². The van der Waals surface area contributed by atoms with E-state index in [0.29, 0.717) is 0 Å². The normalized spacial score (nSPS) is 10.3. The molecule has 0 aliphatic rings. The Labute approximate surface area is 94.7 Å². The molecule has 1 aromatic carbocycles. The molecule has 2 aromatic rings. The van der Waals surface area contributed by atoms with Crippen LogP contribution in [0.5, 0.6) is 0 Å².